The molecule has 6 heteroatoms. The number of nitrogens with zero attached hydrogens (tertiary/aromatic N) is 4. The zero-order valence-electron chi connectivity index (χ0n) is 42.4. The highest BCUT2D eigenvalue weighted by atomic mass is 32.1. The van der Waals surface area contributed by atoms with E-state index in [1.165, 1.54) is 92.6 Å². The van der Waals surface area contributed by atoms with Crippen LogP contribution in [0.2, 0.25) is 0 Å². The molecular formula is C67H55BN4S. The Kier molecular flexibility index (Phi) is 10.7. The van der Waals surface area contributed by atoms with E-state index >= 15 is 0 Å². The second-order valence-electron chi connectivity index (χ2n) is 20.4. The minimum atomic E-state index is -0.101. The van der Waals surface area contributed by atoms with Gasteiger partial charge in [-0.1, -0.05) is 142 Å². The number of hydrogen-bond donors (Lipinski definition) is 0. The van der Waals surface area contributed by atoms with Gasteiger partial charge in [0.2, 0.25) is 0 Å². The van der Waals surface area contributed by atoms with E-state index in [0.29, 0.717) is 0 Å². The van der Waals surface area contributed by atoms with E-state index in [2.05, 4.69) is 274 Å². The van der Waals surface area contributed by atoms with Gasteiger partial charge >= 0.3 is 0 Å². The molecule has 2 aliphatic rings. The summed E-state index contributed by atoms with van der Waals surface area (Å²) in [5.74, 6) is 0. The molecule has 0 N–H and O–H groups in total. The van der Waals surface area contributed by atoms with Crippen molar-refractivity contribution in [3.63, 3.8) is 0 Å². The van der Waals surface area contributed by atoms with Crippen molar-refractivity contribution in [3.05, 3.63) is 245 Å². The summed E-state index contributed by atoms with van der Waals surface area (Å²) in [5.41, 5.74) is 26.2. The summed E-state index contributed by atoms with van der Waals surface area (Å²) < 4.78 is 2.58. The fourth-order valence-electron chi connectivity index (χ4n) is 11.3. The fourth-order valence-corrected chi connectivity index (χ4v) is 12.6. The molecule has 352 valence electrons. The molecule has 0 fully saturated rings. The standard InChI is InChI=1S/C67H55BN4S/c1-42-12-25-49(26-13-42)69(50-27-14-43(2)15-28-50)55-39-60-65-61(40-55)72(54-35-22-47(6)23-36-54)62-41-59(70(51-29-16-44(3)17-30-51)52-31-18-45(4)19-32-52)64-56-10-8-9-11-63(56)73-67(64)66(62)68(65)57-38-48(7)24-37-58(57)71(60)53-33-20-46(5)21-34-53/h8-41H,1-7H3. The summed E-state index contributed by atoms with van der Waals surface area (Å²) in [6.07, 6.45) is 0. The summed E-state index contributed by atoms with van der Waals surface area (Å²) in [7, 11) is 0. The first-order valence-corrected chi connectivity index (χ1v) is 26.2. The molecule has 2 aliphatic heterocycles. The van der Waals surface area contributed by atoms with Crippen LogP contribution in [-0.4, -0.2) is 6.71 Å². The lowest BCUT2D eigenvalue weighted by molar-refractivity contribution is 1.22. The lowest BCUT2D eigenvalue weighted by Gasteiger charge is -2.45. The molecular weight excluding hydrogens is 904 g/mol. The molecule has 0 radical (unpaired) electrons. The highest BCUT2D eigenvalue weighted by Crippen LogP contribution is 2.53. The van der Waals surface area contributed by atoms with Gasteiger partial charge in [0, 0.05) is 77.0 Å². The third kappa shape index (κ3) is 7.51. The largest absolute Gasteiger partial charge is 0.311 e. The number of fused-ring (bicyclic) bond motifs is 8. The zero-order chi connectivity index (χ0) is 49.6. The van der Waals surface area contributed by atoms with E-state index < -0.39 is 0 Å². The van der Waals surface area contributed by atoms with Crippen LogP contribution in [0.25, 0.3) is 20.2 Å². The first-order chi connectivity index (χ1) is 35.6. The van der Waals surface area contributed by atoms with Crippen LogP contribution in [0.3, 0.4) is 0 Å². The smallest absolute Gasteiger partial charge is 0.254 e. The van der Waals surface area contributed by atoms with Crippen LogP contribution in [0.5, 0.6) is 0 Å². The van der Waals surface area contributed by atoms with Crippen molar-refractivity contribution in [2.45, 2.75) is 48.5 Å². The predicted molar refractivity (Wildman–Crippen MR) is 316 cm³/mol. The van der Waals surface area contributed by atoms with Crippen molar-refractivity contribution in [1.82, 2.24) is 0 Å². The normalized spacial score (nSPS) is 12.5. The van der Waals surface area contributed by atoms with Crippen molar-refractivity contribution in [2.24, 2.45) is 0 Å². The summed E-state index contributed by atoms with van der Waals surface area (Å²) in [4.78, 5) is 10.1. The lowest BCUT2D eigenvalue weighted by Crippen LogP contribution is -2.61. The van der Waals surface area contributed by atoms with Crippen molar-refractivity contribution >= 4 is 123 Å². The van der Waals surface area contributed by atoms with Gasteiger partial charge in [-0.15, -0.1) is 11.3 Å². The fraction of sp³-hybridized carbons (Fsp3) is 0.104. The summed E-state index contributed by atoms with van der Waals surface area (Å²) in [6, 6.07) is 78.0. The summed E-state index contributed by atoms with van der Waals surface area (Å²) in [5, 5.41) is 2.53. The molecule has 1 aromatic heterocycles. The zero-order valence-corrected chi connectivity index (χ0v) is 43.2. The van der Waals surface area contributed by atoms with E-state index in [4.69, 9.17) is 0 Å². The molecule has 11 aromatic rings. The molecule has 0 amide bonds. The van der Waals surface area contributed by atoms with Gasteiger partial charge in [-0.05, 0) is 168 Å². The highest BCUT2D eigenvalue weighted by Gasteiger charge is 2.46. The van der Waals surface area contributed by atoms with Crippen molar-refractivity contribution < 1.29 is 0 Å². The highest BCUT2D eigenvalue weighted by molar-refractivity contribution is 7.28. The maximum Gasteiger partial charge on any atom is 0.254 e. The minimum Gasteiger partial charge on any atom is -0.311 e. The molecule has 10 aromatic carbocycles. The molecule has 0 bridgehead atoms. The molecule has 4 nitrogen and oxygen atoms in total. The first-order valence-electron chi connectivity index (χ1n) is 25.4. The van der Waals surface area contributed by atoms with Gasteiger partial charge in [-0.2, -0.15) is 0 Å². The van der Waals surface area contributed by atoms with E-state index in [1.807, 2.05) is 11.3 Å². The van der Waals surface area contributed by atoms with Crippen LogP contribution < -0.4 is 36.0 Å². The van der Waals surface area contributed by atoms with Crippen LogP contribution in [0.15, 0.2) is 206 Å². The van der Waals surface area contributed by atoms with E-state index in [9.17, 15) is 0 Å². The third-order valence-corrected chi connectivity index (χ3v) is 16.3. The van der Waals surface area contributed by atoms with Crippen LogP contribution in [-0.2, 0) is 0 Å². The van der Waals surface area contributed by atoms with Crippen LogP contribution in [0, 0.1) is 48.5 Å². The lowest BCUT2D eigenvalue weighted by atomic mass is 9.33. The van der Waals surface area contributed by atoms with E-state index in [1.54, 1.807) is 0 Å². The Hall–Kier alpha value is -8.32. The van der Waals surface area contributed by atoms with Gasteiger partial charge in [-0.25, -0.2) is 0 Å². The molecule has 0 saturated carbocycles. The van der Waals surface area contributed by atoms with Gasteiger partial charge in [0.25, 0.3) is 6.71 Å². The second kappa shape index (κ2) is 17.5. The van der Waals surface area contributed by atoms with Gasteiger partial charge in [0.05, 0.1) is 11.4 Å². The van der Waals surface area contributed by atoms with Crippen molar-refractivity contribution in [3.8, 4) is 0 Å². The Morgan fingerprint density at radius 2 is 0.767 bits per heavy atom. The maximum atomic E-state index is 2.60. The molecule has 73 heavy (non-hydrogen) atoms. The Labute approximate surface area is 433 Å². The Morgan fingerprint density at radius 3 is 1.26 bits per heavy atom. The molecule has 0 atom stereocenters. The van der Waals surface area contributed by atoms with Gasteiger partial charge in [-0.3, -0.25) is 0 Å². The number of hydrogen-bond acceptors (Lipinski definition) is 5. The second-order valence-corrected chi connectivity index (χ2v) is 21.4. The SMILES string of the molecule is Cc1ccc(N(c2ccc(C)cc2)c2cc3c4c(c2)N(c2ccc(C)cc2)c2cc(N(c5ccc(C)cc5)c5ccc(C)cc5)c5c(sc6ccccc65)c2B4c2cc(C)ccc2N3c2ccc(C)cc2)cc1. The van der Waals surface area contributed by atoms with Gasteiger partial charge in [0.1, 0.15) is 0 Å². The number of thiophene rings is 1. The molecule has 0 saturated heterocycles. The van der Waals surface area contributed by atoms with E-state index in [-0.39, 0.29) is 6.71 Å². The van der Waals surface area contributed by atoms with Gasteiger partial charge < -0.3 is 19.6 Å². The van der Waals surface area contributed by atoms with Crippen LogP contribution in [0.1, 0.15) is 38.9 Å². The maximum absolute atomic E-state index is 2.60. The minimum absolute atomic E-state index is 0.101. The Balaban J connectivity index is 1.21. The van der Waals surface area contributed by atoms with Crippen LogP contribution in [0.4, 0.5) is 68.2 Å². The molecule has 0 unspecified atom stereocenters. The monoisotopic (exact) mass is 958 g/mol. The van der Waals surface area contributed by atoms with Crippen molar-refractivity contribution in [1.29, 1.82) is 0 Å². The van der Waals surface area contributed by atoms with E-state index in [0.717, 1.165) is 51.2 Å². The summed E-state index contributed by atoms with van der Waals surface area (Å²) in [6.45, 7) is 15.2. The number of benzene rings is 10. The Bertz CT molecular complexity index is 3830. The summed E-state index contributed by atoms with van der Waals surface area (Å²) >= 11 is 1.93. The number of rotatable bonds is 8. The number of aryl methyl sites for hydroxylation is 7. The average molecular weight is 959 g/mol. The van der Waals surface area contributed by atoms with Crippen molar-refractivity contribution in [2.75, 3.05) is 19.6 Å². The average Bonchev–Trinajstić information content (AvgIpc) is 3.80. The van der Waals surface area contributed by atoms with Crippen LogP contribution >= 0.6 is 11.3 Å². The molecule has 0 aliphatic carbocycles. The predicted octanol–water partition coefficient (Wildman–Crippen LogP) is 17.2. The quantitative estimate of drug-likeness (QED) is 0.141. The molecule has 3 heterocycles. The molecule has 0 spiro atoms. The third-order valence-electron chi connectivity index (χ3n) is 15.1. The first kappa shape index (κ1) is 44.6. The topological polar surface area (TPSA) is 13.0 Å². The number of anilines is 12. The van der Waals surface area contributed by atoms with Gasteiger partial charge in [0.15, 0.2) is 0 Å². The Morgan fingerprint density at radius 1 is 0.356 bits per heavy atom. The molecule has 13 rings (SSSR count).